The number of hydrogen-bond acceptors (Lipinski definition) is 10. The van der Waals surface area contributed by atoms with Crippen LogP contribution in [0.3, 0.4) is 0 Å². The molecule has 1 rings (SSSR count). The molecule has 10 nitrogen and oxygen atoms in total. The summed E-state index contributed by atoms with van der Waals surface area (Å²) in [6.07, 6.45) is -5.78. The van der Waals surface area contributed by atoms with E-state index in [-0.39, 0.29) is 0 Å². The molecule has 1 aliphatic rings. The molecule has 2 N–H and O–H groups in total. The molecule has 1 heterocycles. The fourth-order valence-electron chi connectivity index (χ4n) is 1.73. The Hall–Kier alpha value is -0.340. The average molecular weight is 350 g/mol. The second-order valence-electron chi connectivity index (χ2n) is 4.51. The Labute approximate surface area is 122 Å². The van der Waals surface area contributed by atoms with Crippen LogP contribution in [-0.4, -0.2) is 84.0 Å². The van der Waals surface area contributed by atoms with E-state index in [0.717, 1.165) is 12.5 Å². The van der Waals surface area contributed by atoms with E-state index in [1.54, 1.807) is 0 Å². The van der Waals surface area contributed by atoms with Gasteiger partial charge in [-0.1, -0.05) is 0 Å². The average Bonchev–Trinajstić information content (AvgIpc) is 2.31. The molecular weight excluding hydrogens is 332 g/mol. The zero-order valence-electron chi connectivity index (χ0n) is 11.6. The lowest BCUT2D eigenvalue weighted by molar-refractivity contribution is -0.286. The highest BCUT2D eigenvalue weighted by Gasteiger charge is 2.47. The molecule has 5 atom stereocenters. The fraction of sp³-hybridized carbons (Fsp3) is 1.00. The Morgan fingerprint density at radius 3 is 2.05 bits per heavy atom. The molecular formula is C9H18O10S2. The number of methoxy groups -OCH3 is 1. The van der Waals surface area contributed by atoms with Gasteiger partial charge in [0.05, 0.1) is 19.1 Å². The summed E-state index contributed by atoms with van der Waals surface area (Å²) in [5.41, 5.74) is 0. The Morgan fingerprint density at radius 2 is 1.62 bits per heavy atom. The Morgan fingerprint density at radius 1 is 1.05 bits per heavy atom. The van der Waals surface area contributed by atoms with Gasteiger partial charge in [0, 0.05) is 7.11 Å². The third-order valence-electron chi connectivity index (χ3n) is 2.61. The lowest BCUT2D eigenvalue weighted by Crippen LogP contribution is -2.60. The van der Waals surface area contributed by atoms with Gasteiger partial charge >= 0.3 is 0 Å². The van der Waals surface area contributed by atoms with Gasteiger partial charge in [0.1, 0.15) is 18.3 Å². The third kappa shape index (κ3) is 5.75. The Bertz CT molecular complexity index is 537. The molecule has 1 saturated heterocycles. The summed E-state index contributed by atoms with van der Waals surface area (Å²) in [5.74, 6) is 0. The van der Waals surface area contributed by atoms with Crippen molar-refractivity contribution in [2.24, 2.45) is 0 Å². The monoisotopic (exact) mass is 350 g/mol. The van der Waals surface area contributed by atoms with Crippen molar-refractivity contribution in [1.82, 2.24) is 0 Å². The van der Waals surface area contributed by atoms with Crippen LogP contribution in [0.25, 0.3) is 0 Å². The van der Waals surface area contributed by atoms with Crippen LogP contribution in [-0.2, 0) is 38.1 Å². The molecule has 0 saturated carbocycles. The van der Waals surface area contributed by atoms with Crippen molar-refractivity contribution in [2.45, 2.75) is 30.7 Å². The minimum Gasteiger partial charge on any atom is -0.387 e. The van der Waals surface area contributed by atoms with Gasteiger partial charge in [-0.15, -0.1) is 0 Å². The highest BCUT2D eigenvalue weighted by molar-refractivity contribution is 7.86. The van der Waals surface area contributed by atoms with Crippen molar-refractivity contribution < 1.29 is 44.9 Å². The lowest BCUT2D eigenvalue weighted by Gasteiger charge is -2.40. The van der Waals surface area contributed by atoms with E-state index in [1.807, 2.05) is 0 Å². The Balaban J connectivity index is 2.84. The van der Waals surface area contributed by atoms with Gasteiger partial charge in [-0.25, -0.2) is 0 Å². The number of aliphatic hydroxyl groups excluding tert-OH is 2. The van der Waals surface area contributed by atoms with Crippen molar-refractivity contribution >= 4 is 20.2 Å². The molecule has 0 aromatic heterocycles. The summed E-state index contributed by atoms with van der Waals surface area (Å²) in [6, 6.07) is 0. The minimum absolute atomic E-state index is 0.567. The van der Waals surface area contributed by atoms with Crippen LogP contribution in [0.5, 0.6) is 0 Å². The summed E-state index contributed by atoms with van der Waals surface area (Å²) in [4.78, 5) is 0. The molecule has 1 fully saturated rings. The zero-order valence-corrected chi connectivity index (χ0v) is 13.2. The first-order valence-corrected chi connectivity index (χ1v) is 9.35. The number of ether oxygens (including phenoxy) is 2. The topological polar surface area (TPSA) is 146 Å². The van der Waals surface area contributed by atoms with Crippen LogP contribution in [0.15, 0.2) is 0 Å². The highest BCUT2D eigenvalue weighted by Crippen LogP contribution is 2.25. The van der Waals surface area contributed by atoms with Crippen LogP contribution in [0.4, 0.5) is 0 Å². The predicted molar refractivity (Wildman–Crippen MR) is 68.2 cm³/mol. The summed E-state index contributed by atoms with van der Waals surface area (Å²) in [5, 5.41) is 19.7. The van der Waals surface area contributed by atoms with Gasteiger partial charge in [-0.05, 0) is 0 Å². The van der Waals surface area contributed by atoms with Gasteiger partial charge in [0.25, 0.3) is 20.2 Å². The highest BCUT2D eigenvalue weighted by atomic mass is 32.2. The van der Waals surface area contributed by atoms with Gasteiger partial charge < -0.3 is 19.7 Å². The second kappa shape index (κ2) is 6.83. The molecule has 126 valence electrons. The quantitative estimate of drug-likeness (QED) is 0.489. The van der Waals surface area contributed by atoms with Crippen molar-refractivity contribution in [3.63, 3.8) is 0 Å². The van der Waals surface area contributed by atoms with E-state index in [9.17, 15) is 27.0 Å². The van der Waals surface area contributed by atoms with Gasteiger partial charge in [-0.3, -0.25) is 8.37 Å². The summed E-state index contributed by atoms with van der Waals surface area (Å²) in [6.45, 7) is -0.567. The summed E-state index contributed by atoms with van der Waals surface area (Å²) in [7, 11) is -6.54. The van der Waals surface area contributed by atoms with Crippen LogP contribution >= 0.6 is 0 Å². The van der Waals surface area contributed by atoms with Gasteiger partial charge in [-0.2, -0.15) is 16.8 Å². The van der Waals surface area contributed by atoms with E-state index >= 15 is 0 Å². The number of rotatable bonds is 6. The maximum Gasteiger partial charge on any atom is 0.264 e. The van der Waals surface area contributed by atoms with Crippen LogP contribution in [0.1, 0.15) is 0 Å². The maximum absolute atomic E-state index is 11.1. The Kier molecular flexibility index (Phi) is 6.08. The normalized spacial score (nSPS) is 34.8. The van der Waals surface area contributed by atoms with Gasteiger partial charge in [0.2, 0.25) is 0 Å². The van der Waals surface area contributed by atoms with Crippen LogP contribution in [0, 0.1) is 0 Å². The smallest absolute Gasteiger partial charge is 0.264 e. The van der Waals surface area contributed by atoms with Gasteiger partial charge in [0.15, 0.2) is 12.4 Å². The molecule has 0 spiro atoms. The second-order valence-corrected chi connectivity index (χ2v) is 7.76. The first-order valence-electron chi connectivity index (χ1n) is 5.71. The number of hydrogen-bond donors (Lipinski definition) is 2. The maximum atomic E-state index is 11.1. The molecule has 0 unspecified atom stereocenters. The minimum atomic E-state index is -3.93. The predicted octanol–water partition coefficient (Wildman–Crippen LogP) is -2.60. The number of aliphatic hydroxyl groups is 2. The molecule has 0 radical (unpaired) electrons. The van der Waals surface area contributed by atoms with Crippen molar-refractivity contribution in [3.8, 4) is 0 Å². The van der Waals surface area contributed by atoms with E-state index in [1.165, 1.54) is 7.11 Å². The molecule has 0 aromatic carbocycles. The van der Waals surface area contributed by atoms with Crippen molar-refractivity contribution in [3.05, 3.63) is 0 Å². The van der Waals surface area contributed by atoms with E-state index in [4.69, 9.17) is 9.47 Å². The SMILES string of the molecule is CO[C@H]1O[C@@H](COS(C)(=O)=O)[C@@H](O)[C@@H](O)[C@@H]1OS(C)(=O)=O. The van der Waals surface area contributed by atoms with Crippen molar-refractivity contribution in [1.29, 1.82) is 0 Å². The van der Waals surface area contributed by atoms with Crippen molar-refractivity contribution in [2.75, 3.05) is 26.2 Å². The fourth-order valence-corrected chi connectivity index (χ4v) is 2.72. The molecule has 0 amide bonds. The van der Waals surface area contributed by atoms with E-state index in [2.05, 4.69) is 8.37 Å². The molecule has 0 aliphatic carbocycles. The molecule has 0 aromatic rings. The van der Waals surface area contributed by atoms with Crippen LogP contribution < -0.4 is 0 Å². The third-order valence-corrected chi connectivity index (χ3v) is 3.75. The summed E-state index contributed by atoms with van der Waals surface area (Å²) < 4.78 is 63.2. The largest absolute Gasteiger partial charge is 0.387 e. The van der Waals surface area contributed by atoms with E-state index in [0.29, 0.717) is 0 Å². The molecule has 0 bridgehead atoms. The standard InChI is InChI=1S/C9H18O10S2/c1-16-9-8(19-21(3,14)15)7(11)6(10)5(18-9)4-17-20(2,12)13/h5-11H,4H2,1-3H3/t5-,6+,7+,8-,9-/m0/s1. The first kappa shape index (κ1) is 18.7. The van der Waals surface area contributed by atoms with Crippen LogP contribution in [0.2, 0.25) is 0 Å². The first-order chi connectivity index (χ1) is 9.44. The molecule has 21 heavy (non-hydrogen) atoms. The molecule has 12 heteroatoms. The zero-order chi connectivity index (χ0) is 16.4. The molecule has 1 aliphatic heterocycles. The van der Waals surface area contributed by atoms with E-state index < -0.39 is 57.5 Å². The lowest BCUT2D eigenvalue weighted by atomic mass is 9.99. The summed E-state index contributed by atoms with van der Waals surface area (Å²) >= 11 is 0.